The minimum Gasteiger partial charge on any atom is -0.491 e. The van der Waals surface area contributed by atoms with Crippen molar-refractivity contribution in [1.82, 2.24) is 0 Å². The van der Waals surface area contributed by atoms with Crippen LogP contribution in [0.25, 0.3) is 0 Å². The molecule has 18 heavy (non-hydrogen) atoms. The lowest BCUT2D eigenvalue weighted by Gasteiger charge is -2.13. The first-order valence-corrected chi connectivity index (χ1v) is 7.86. The van der Waals surface area contributed by atoms with Crippen LogP contribution in [0.3, 0.4) is 0 Å². The third kappa shape index (κ3) is 4.74. The van der Waals surface area contributed by atoms with Gasteiger partial charge in [0.2, 0.25) is 10.0 Å². The molecule has 0 amide bonds. The molecule has 0 heterocycles. The summed E-state index contributed by atoms with van der Waals surface area (Å²) < 4.78 is 31.2. The van der Waals surface area contributed by atoms with Gasteiger partial charge in [-0.1, -0.05) is 0 Å². The number of halogens is 1. The number of benzene rings is 1. The fourth-order valence-electron chi connectivity index (χ4n) is 1.42. The second kappa shape index (κ2) is 6.29. The van der Waals surface area contributed by atoms with Crippen LogP contribution < -0.4 is 9.46 Å². The van der Waals surface area contributed by atoms with E-state index in [2.05, 4.69) is 4.72 Å². The fourth-order valence-corrected chi connectivity index (χ4v) is 2.89. The second-order valence-electron chi connectivity index (χ2n) is 4.25. The van der Waals surface area contributed by atoms with E-state index in [-0.39, 0.29) is 17.7 Å². The number of alkyl halides is 1. The molecule has 1 aromatic rings. The first kappa shape index (κ1) is 15.1. The van der Waals surface area contributed by atoms with Crippen LogP contribution >= 0.6 is 11.6 Å². The molecule has 0 spiro atoms. The molecular formula is C12H18ClNO3S. The highest BCUT2D eigenvalue weighted by Gasteiger charge is 2.11. The number of aryl methyl sites for hydroxylation is 1. The molecule has 0 fully saturated rings. The summed E-state index contributed by atoms with van der Waals surface area (Å²) in [5.74, 6) is 0.698. The quantitative estimate of drug-likeness (QED) is 0.820. The van der Waals surface area contributed by atoms with Crippen LogP contribution in [0.4, 0.5) is 5.69 Å². The molecule has 0 radical (unpaired) electrons. The Morgan fingerprint density at radius 2 is 2.06 bits per heavy atom. The number of nitrogens with one attached hydrogen (secondary N) is 1. The molecule has 0 aliphatic heterocycles. The van der Waals surface area contributed by atoms with E-state index in [1.54, 1.807) is 18.2 Å². The molecule has 0 bridgehead atoms. The van der Waals surface area contributed by atoms with Crippen LogP contribution in [0.2, 0.25) is 0 Å². The van der Waals surface area contributed by atoms with Crippen molar-refractivity contribution in [3.63, 3.8) is 0 Å². The molecule has 0 unspecified atom stereocenters. The van der Waals surface area contributed by atoms with Gasteiger partial charge in [0.1, 0.15) is 5.75 Å². The third-order valence-electron chi connectivity index (χ3n) is 2.18. The maximum atomic E-state index is 11.6. The zero-order chi connectivity index (χ0) is 13.8. The van der Waals surface area contributed by atoms with E-state index in [0.717, 1.165) is 11.3 Å². The van der Waals surface area contributed by atoms with E-state index >= 15 is 0 Å². The first-order chi connectivity index (χ1) is 8.34. The van der Waals surface area contributed by atoms with E-state index < -0.39 is 10.0 Å². The molecule has 1 N–H and O–H groups in total. The van der Waals surface area contributed by atoms with Crippen molar-refractivity contribution in [3.05, 3.63) is 23.8 Å². The van der Waals surface area contributed by atoms with Gasteiger partial charge in [-0.05, 0) is 44.5 Å². The Labute approximate surface area is 113 Å². The number of ether oxygens (including phenoxy) is 1. The molecule has 4 nitrogen and oxygen atoms in total. The van der Waals surface area contributed by atoms with Crippen molar-refractivity contribution < 1.29 is 13.2 Å². The largest absolute Gasteiger partial charge is 0.491 e. The number of hydrogen-bond donors (Lipinski definition) is 1. The number of hydrogen-bond acceptors (Lipinski definition) is 3. The average molecular weight is 292 g/mol. The summed E-state index contributed by atoms with van der Waals surface area (Å²) in [6.07, 6.45) is 0.0863. The van der Waals surface area contributed by atoms with E-state index in [1.807, 2.05) is 20.8 Å². The number of rotatable bonds is 6. The predicted octanol–water partition coefficient (Wildman–Crippen LogP) is 2.76. The summed E-state index contributed by atoms with van der Waals surface area (Å²) in [5, 5.41) is 0. The topological polar surface area (TPSA) is 55.4 Å². The predicted molar refractivity (Wildman–Crippen MR) is 75.1 cm³/mol. The van der Waals surface area contributed by atoms with Crippen LogP contribution in [0, 0.1) is 6.92 Å². The van der Waals surface area contributed by atoms with Gasteiger partial charge in [0.05, 0.1) is 17.5 Å². The van der Waals surface area contributed by atoms with Gasteiger partial charge in [0, 0.05) is 5.88 Å². The number of anilines is 1. The highest BCUT2D eigenvalue weighted by atomic mass is 35.5. The molecule has 0 saturated carbocycles. The Morgan fingerprint density at radius 3 is 2.56 bits per heavy atom. The summed E-state index contributed by atoms with van der Waals surface area (Å²) in [4.78, 5) is 0. The second-order valence-corrected chi connectivity index (χ2v) is 6.47. The molecule has 6 heteroatoms. The van der Waals surface area contributed by atoms with E-state index in [0.29, 0.717) is 5.69 Å². The molecule has 0 aliphatic rings. The highest BCUT2D eigenvalue weighted by Crippen LogP contribution is 2.23. The molecule has 0 aromatic heterocycles. The maximum Gasteiger partial charge on any atom is 0.233 e. The maximum absolute atomic E-state index is 11.6. The Balaban J connectivity index is 2.86. The van der Waals surface area contributed by atoms with Crippen molar-refractivity contribution in [2.45, 2.75) is 26.9 Å². The summed E-state index contributed by atoms with van der Waals surface area (Å²) in [5.41, 5.74) is 1.36. The zero-order valence-electron chi connectivity index (χ0n) is 10.7. The standard InChI is InChI=1S/C12H18ClNO3S/c1-9(2)17-11-4-5-12(10(3)8-11)14-18(15,16)7-6-13/h4-5,8-9,14H,6-7H2,1-3H3. The van der Waals surface area contributed by atoms with Crippen LogP contribution in [0.5, 0.6) is 5.75 Å². The molecule has 0 atom stereocenters. The van der Waals surface area contributed by atoms with Gasteiger partial charge in [0.25, 0.3) is 0 Å². The Bertz CT molecular complexity index is 500. The Morgan fingerprint density at radius 1 is 1.39 bits per heavy atom. The average Bonchev–Trinajstić information content (AvgIpc) is 2.21. The van der Waals surface area contributed by atoms with Gasteiger partial charge in [-0.3, -0.25) is 4.72 Å². The fraction of sp³-hybridized carbons (Fsp3) is 0.500. The zero-order valence-corrected chi connectivity index (χ0v) is 12.3. The third-order valence-corrected chi connectivity index (χ3v) is 3.87. The summed E-state index contributed by atoms with van der Waals surface area (Å²) in [6, 6.07) is 5.24. The molecule has 0 aliphatic carbocycles. The minimum atomic E-state index is -3.37. The van der Waals surface area contributed by atoms with Crippen LogP contribution in [0.15, 0.2) is 18.2 Å². The van der Waals surface area contributed by atoms with Crippen molar-refractivity contribution in [3.8, 4) is 5.75 Å². The Hall–Kier alpha value is -0.940. The lowest BCUT2D eigenvalue weighted by atomic mass is 10.2. The summed E-state index contributed by atoms with van der Waals surface area (Å²) >= 11 is 5.44. The van der Waals surface area contributed by atoms with Gasteiger partial charge in [0.15, 0.2) is 0 Å². The van der Waals surface area contributed by atoms with E-state index in [9.17, 15) is 8.42 Å². The van der Waals surface area contributed by atoms with Gasteiger partial charge >= 0.3 is 0 Å². The van der Waals surface area contributed by atoms with Crippen molar-refractivity contribution in [1.29, 1.82) is 0 Å². The van der Waals surface area contributed by atoms with Crippen molar-refractivity contribution in [2.24, 2.45) is 0 Å². The minimum absolute atomic E-state index is 0.0723. The van der Waals surface area contributed by atoms with Crippen LogP contribution in [-0.4, -0.2) is 26.2 Å². The molecule has 1 rings (SSSR count). The normalized spacial score (nSPS) is 11.6. The molecule has 102 valence electrons. The van der Waals surface area contributed by atoms with Crippen LogP contribution in [0.1, 0.15) is 19.4 Å². The molecular weight excluding hydrogens is 274 g/mol. The van der Waals surface area contributed by atoms with Gasteiger partial charge in [-0.15, -0.1) is 11.6 Å². The molecule has 1 aromatic carbocycles. The Kier molecular flexibility index (Phi) is 5.28. The summed E-state index contributed by atoms with van der Waals surface area (Å²) in [6.45, 7) is 5.70. The van der Waals surface area contributed by atoms with Crippen LogP contribution in [-0.2, 0) is 10.0 Å². The number of sulfonamides is 1. The van der Waals surface area contributed by atoms with E-state index in [4.69, 9.17) is 16.3 Å². The van der Waals surface area contributed by atoms with Crippen molar-refractivity contribution >= 4 is 27.3 Å². The van der Waals surface area contributed by atoms with Gasteiger partial charge < -0.3 is 4.74 Å². The lowest BCUT2D eigenvalue weighted by molar-refractivity contribution is 0.242. The van der Waals surface area contributed by atoms with Gasteiger partial charge in [-0.2, -0.15) is 0 Å². The molecule has 0 saturated heterocycles. The summed E-state index contributed by atoms with van der Waals surface area (Å²) in [7, 11) is -3.37. The van der Waals surface area contributed by atoms with E-state index in [1.165, 1.54) is 0 Å². The first-order valence-electron chi connectivity index (χ1n) is 5.68. The smallest absolute Gasteiger partial charge is 0.233 e. The van der Waals surface area contributed by atoms with Crippen molar-refractivity contribution in [2.75, 3.05) is 16.4 Å². The SMILES string of the molecule is Cc1cc(OC(C)C)ccc1NS(=O)(=O)CCCl. The van der Waals surface area contributed by atoms with Gasteiger partial charge in [-0.25, -0.2) is 8.42 Å². The highest BCUT2D eigenvalue weighted by molar-refractivity contribution is 7.92. The lowest BCUT2D eigenvalue weighted by Crippen LogP contribution is -2.18. The monoisotopic (exact) mass is 291 g/mol.